The predicted molar refractivity (Wildman–Crippen MR) is 102 cm³/mol. The first kappa shape index (κ1) is 15.2. The lowest BCUT2D eigenvalue weighted by atomic mass is 9.94. The Balaban J connectivity index is 2.14. The van der Waals surface area contributed by atoms with Gasteiger partial charge < -0.3 is 4.40 Å². The van der Waals surface area contributed by atoms with Gasteiger partial charge in [0.2, 0.25) is 0 Å². The number of aromatic nitrogens is 2. The Kier molecular flexibility index (Phi) is 3.40. The Bertz CT molecular complexity index is 1080. The van der Waals surface area contributed by atoms with Crippen molar-refractivity contribution in [3.63, 3.8) is 0 Å². The Morgan fingerprint density at radius 1 is 0.958 bits per heavy atom. The fraction of sp³-hybridized carbons (Fsp3) is 0.190. The first-order valence-electron chi connectivity index (χ1n) is 8.11. The summed E-state index contributed by atoms with van der Waals surface area (Å²) in [5.41, 5.74) is 10.4. The predicted octanol–water partition coefficient (Wildman–Crippen LogP) is 6.04. The van der Waals surface area contributed by atoms with Gasteiger partial charge >= 0.3 is 0 Å². The fourth-order valence-corrected chi connectivity index (χ4v) is 4.14. The van der Waals surface area contributed by atoms with E-state index >= 15 is 0 Å². The van der Waals surface area contributed by atoms with Crippen molar-refractivity contribution in [2.24, 2.45) is 0 Å². The second-order valence-electron chi connectivity index (χ2n) is 6.57. The minimum absolute atomic E-state index is 0.743. The van der Waals surface area contributed by atoms with Crippen LogP contribution in [-0.2, 0) is 0 Å². The van der Waals surface area contributed by atoms with Crippen LogP contribution >= 0.6 is 11.6 Å². The van der Waals surface area contributed by atoms with Gasteiger partial charge in [0.15, 0.2) is 0 Å². The first-order valence-corrected chi connectivity index (χ1v) is 8.48. The summed E-state index contributed by atoms with van der Waals surface area (Å²) < 4.78 is 2.15. The van der Waals surface area contributed by atoms with Crippen molar-refractivity contribution in [1.82, 2.24) is 9.38 Å². The smallest absolute Gasteiger partial charge is 0.0909 e. The SMILES string of the molecule is Cc1cc(C)c(-c2cccn3c2cc2nc(C)cc(Cl)c23)c(C)c1. The quantitative estimate of drug-likeness (QED) is 0.414. The molecule has 0 aliphatic heterocycles. The van der Waals surface area contributed by atoms with E-state index in [1.54, 1.807) is 0 Å². The number of fused-ring (bicyclic) bond motifs is 3. The molecule has 0 saturated heterocycles. The highest BCUT2D eigenvalue weighted by molar-refractivity contribution is 6.35. The van der Waals surface area contributed by atoms with Crippen LogP contribution in [0.3, 0.4) is 0 Å². The van der Waals surface area contributed by atoms with Crippen LogP contribution in [0.15, 0.2) is 42.6 Å². The van der Waals surface area contributed by atoms with Crippen molar-refractivity contribution in [3.05, 3.63) is 70.0 Å². The lowest BCUT2D eigenvalue weighted by Gasteiger charge is -2.13. The van der Waals surface area contributed by atoms with Crippen LogP contribution in [0.25, 0.3) is 27.7 Å². The zero-order chi connectivity index (χ0) is 17.0. The van der Waals surface area contributed by atoms with Crippen LogP contribution in [0.2, 0.25) is 5.02 Å². The highest BCUT2D eigenvalue weighted by Gasteiger charge is 2.15. The molecular weight excluding hydrogens is 316 g/mol. The van der Waals surface area contributed by atoms with Gasteiger partial charge in [-0.1, -0.05) is 35.4 Å². The van der Waals surface area contributed by atoms with Gasteiger partial charge in [-0.15, -0.1) is 0 Å². The zero-order valence-electron chi connectivity index (χ0n) is 14.3. The van der Waals surface area contributed by atoms with Gasteiger partial charge in [0, 0.05) is 17.5 Å². The molecule has 3 heterocycles. The third-order valence-corrected chi connectivity index (χ3v) is 4.88. The van der Waals surface area contributed by atoms with E-state index in [2.05, 4.69) is 66.7 Å². The number of halogens is 1. The van der Waals surface area contributed by atoms with E-state index < -0.39 is 0 Å². The first-order chi connectivity index (χ1) is 11.5. The van der Waals surface area contributed by atoms with Gasteiger partial charge in [0.1, 0.15) is 0 Å². The molecule has 0 unspecified atom stereocenters. The molecular formula is C21H19ClN2. The topological polar surface area (TPSA) is 17.3 Å². The third-order valence-electron chi connectivity index (χ3n) is 4.60. The fourth-order valence-electron chi connectivity index (χ4n) is 3.80. The molecule has 4 rings (SSSR count). The van der Waals surface area contributed by atoms with E-state index in [4.69, 9.17) is 11.6 Å². The minimum Gasteiger partial charge on any atom is -0.313 e. The molecule has 3 aromatic heterocycles. The monoisotopic (exact) mass is 334 g/mol. The van der Waals surface area contributed by atoms with Crippen molar-refractivity contribution >= 4 is 28.2 Å². The molecule has 0 saturated carbocycles. The van der Waals surface area contributed by atoms with Crippen LogP contribution in [0.1, 0.15) is 22.4 Å². The van der Waals surface area contributed by atoms with Crippen molar-refractivity contribution in [3.8, 4) is 11.1 Å². The lowest BCUT2D eigenvalue weighted by molar-refractivity contribution is 1.22. The molecule has 24 heavy (non-hydrogen) atoms. The molecule has 120 valence electrons. The van der Waals surface area contributed by atoms with E-state index in [0.717, 1.165) is 27.3 Å². The van der Waals surface area contributed by atoms with E-state index in [1.807, 2.05) is 13.0 Å². The number of pyridine rings is 2. The standard InChI is InChI=1S/C21H19ClN2/c1-12-8-13(2)20(14(3)9-12)16-6-5-7-24-19(16)11-18-21(24)17(22)10-15(4)23-18/h5-11H,1-4H3. The number of aryl methyl sites for hydroxylation is 4. The molecule has 0 N–H and O–H groups in total. The molecule has 1 aromatic carbocycles. The summed E-state index contributed by atoms with van der Waals surface area (Å²) in [5, 5.41) is 0.743. The highest BCUT2D eigenvalue weighted by Crippen LogP contribution is 2.35. The van der Waals surface area contributed by atoms with Crippen LogP contribution in [-0.4, -0.2) is 9.38 Å². The van der Waals surface area contributed by atoms with E-state index in [-0.39, 0.29) is 0 Å². The van der Waals surface area contributed by atoms with Gasteiger partial charge in [0.05, 0.1) is 21.6 Å². The second-order valence-corrected chi connectivity index (χ2v) is 6.98. The summed E-state index contributed by atoms with van der Waals surface area (Å²) in [7, 11) is 0. The van der Waals surface area contributed by atoms with Crippen molar-refractivity contribution in [1.29, 1.82) is 0 Å². The molecule has 0 aliphatic carbocycles. The number of hydrogen-bond acceptors (Lipinski definition) is 1. The molecule has 0 fully saturated rings. The van der Waals surface area contributed by atoms with Crippen molar-refractivity contribution in [2.75, 3.05) is 0 Å². The highest BCUT2D eigenvalue weighted by atomic mass is 35.5. The van der Waals surface area contributed by atoms with Gasteiger partial charge in [-0.05, 0) is 62.6 Å². The lowest BCUT2D eigenvalue weighted by Crippen LogP contribution is -1.93. The number of hydrogen-bond donors (Lipinski definition) is 0. The molecule has 0 amide bonds. The number of nitrogens with zero attached hydrogens (tertiary/aromatic N) is 2. The maximum Gasteiger partial charge on any atom is 0.0909 e. The van der Waals surface area contributed by atoms with Gasteiger partial charge in [-0.3, -0.25) is 4.98 Å². The van der Waals surface area contributed by atoms with E-state index in [9.17, 15) is 0 Å². The van der Waals surface area contributed by atoms with E-state index in [0.29, 0.717) is 0 Å². The van der Waals surface area contributed by atoms with Gasteiger partial charge in [-0.25, -0.2) is 0 Å². The normalized spacial score (nSPS) is 11.5. The third kappa shape index (κ3) is 2.22. The average Bonchev–Trinajstić information content (AvgIpc) is 2.85. The largest absolute Gasteiger partial charge is 0.313 e. The number of benzene rings is 1. The van der Waals surface area contributed by atoms with Crippen LogP contribution < -0.4 is 0 Å². The Morgan fingerprint density at radius 3 is 2.38 bits per heavy atom. The molecule has 0 spiro atoms. The van der Waals surface area contributed by atoms with Gasteiger partial charge in [-0.2, -0.15) is 0 Å². The Morgan fingerprint density at radius 2 is 1.67 bits per heavy atom. The Hall–Kier alpha value is -2.32. The van der Waals surface area contributed by atoms with Crippen LogP contribution in [0.4, 0.5) is 0 Å². The molecule has 3 heteroatoms. The summed E-state index contributed by atoms with van der Waals surface area (Å²) in [6, 6.07) is 12.8. The zero-order valence-corrected chi connectivity index (χ0v) is 15.1. The van der Waals surface area contributed by atoms with Gasteiger partial charge in [0.25, 0.3) is 0 Å². The average molecular weight is 335 g/mol. The Labute approximate surface area is 146 Å². The summed E-state index contributed by atoms with van der Waals surface area (Å²) in [5.74, 6) is 0. The summed E-state index contributed by atoms with van der Waals surface area (Å²) in [4.78, 5) is 4.66. The summed E-state index contributed by atoms with van der Waals surface area (Å²) >= 11 is 6.50. The van der Waals surface area contributed by atoms with Crippen molar-refractivity contribution < 1.29 is 0 Å². The number of rotatable bonds is 1. The molecule has 0 bridgehead atoms. The molecule has 0 atom stereocenters. The minimum atomic E-state index is 0.743. The summed E-state index contributed by atoms with van der Waals surface area (Å²) in [6.45, 7) is 8.47. The van der Waals surface area contributed by atoms with Crippen molar-refractivity contribution in [2.45, 2.75) is 27.7 Å². The van der Waals surface area contributed by atoms with Crippen LogP contribution in [0, 0.1) is 27.7 Å². The molecule has 0 radical (unpaired) electrons. The molecule has 2 nitrogen and oxygen atoms in total. The maximum atomic E-state index is 6.50. The van der Waals surface area contributed by atoms with E-state index in [1.165, 1.54) is 27.8 Å². The molecule has 4 aromatic rings. The molecule has 0 aliphatic rings. The van der Waals surface area contributed by atoms with Crippen LogP contribution in [0.5, 0.6) is 0 Å². The second kappa shape index (κ2) is 5.35. The maximum absolute atomic E-state index is 6.50. The summed E-state index contributed by atoms with van der Waals surface area (Å²) in [6.07, 6.45) is 2.06.